The minimum Gasteiger partial charge on any atom is -0.481 e. The smallest absolute Gasteiger partial charge is 0.303 e. The lowest BCUT2D eigenvalue weighted by Gasteiger charge is -1.99. The first-order valence-corrected chi connectivity index (χ1v) is 5.34. The molecule has 0 saturated carbocycles. The summed E-state index contributed by atoms with van der Waals surface area (Å²) in [6.45, 7) is 4.20. The molecule has 0 spiro atoms. The van der Waals surface area contributed by atoms with Crippen LogP contribution in [0.4, 0.5) is 0 Å². The standard InChI is InChI=1S/C7H14O2.C6H6/c1-6(2)4-3-5-7(8)9;1-2-4-6-5-3-1/h6H,3-5H2,1-2H3,(H,8,9);1-6H. The summed E-state index contributed by atoms with van der Waals surface area (Å²) >= 11 is 0. The molecule has 15 heavy (non-hydrogen) atoms. The van der Waals surface area contributed by atoms with Crippen molar-refractivity contribution in [2.45, 2.75) is 33.1 Å². The molecule has 1 aromatic rings. The fourth-order valence-electron chi connectivity index (χ4n) is 1.05. The van der Waals surface area contributed by atoms with Crippen molar-refractivity contribution in [3.8, 4) is 0 Å². The van der Waals surface area contributed by atoms with Crippen molar-refractivity contribution in [2.75, 3.05) is 0 Å². The Morgan fingerprint density at radius 1 is 1.07 bits per heavy atom. The summed E-state index contributed by atoms with van der Waals surface area (Å²) in [7, 11) is 0. The van der Waals surface area contributed by atoms with E-state index in [0.29, 0.717) is 12.3 Å². The lowest BCUT2D eigenvalue weighted by atomic mass is 10.1. The molecule has 84 valence electrons. The summed E-state index contributed by atoms with van der Waals surface area (Å²) in [4.78, 5) is 9.98. The van der Waals surface area contributed by atoms with Crippen LogP contribution in [0.3, 0.4) is 0 Å². The van der Waals surface area contributed by atoms with Crippen molar-refractivity contribution in [3.63, 3.8) is 0 Å². The molecule has 0 amide bonds. The van der Waals surface area contributed by atoms with Crippen molar-refractivity contribution >= 4 is 5.97 Å². The van der Waals surface area contributed by atoms with Gasteiger partial charge >= 0.3 is 5.97 Å². The Bertz CT molecular complexity index is 215. The van der Waals surface area contributed by atoms with Gasteiger partial charge in [0.25, 0.3) is 0 Å². The summed E-state index contributed by atoms with van der Waals surface area (Å²) < 4.78 is 0. The Labute approximate surface area is 91.9 Å². The van der Waals surface area contributed by atoms with Crippen LogP contribution in [0.25, 0.3) is 0 Å². The van der Waals surface area contributed by atoms with Crippen LogP contribution in [0.2, 0.25) is 0 Å². The van der Waals surface area contributed by atoms with E-state index in [4.69, 9.17) is 5.11 Å². The maximum absolute atomic E-state index is 9.98. The Morgan fingerprint density at radius 2 is 1.47 bits per heavy atom. The van der Waals surface area contributed by atoms with Crippen molar-refractivity contribution in [1.82, 2.24) is 0 Å². The van der Waals surface area contributed by atoms with Gasteiger partial charge in [0, 0.05) is 6.42 Å². The zero-order valence-electron chi connectivity index (χ0n) is 9.52. The maximum Gasteiger partial charge on any atom is 0.303 e. The van der Waals surface area contributed by atoms with E-state index in [1.54, 1.807) is 0 Å². The maximum atomic E-state index is 9.98. The molecule has 0 aliphatic rings. The van der Waals surface area contributed by atoms with E-state index < -0.39 is 5.97 Å². The largest absolute Gasteiger partial charge is 0.481 e. The van der Waals surface area contributed by atoms with Gasteiger partial charge in [-0.25, -0.2) is 0 Å². The lowest BCUT2D eigenvalue weighted by molar-refractivity contribution is -0.137. The molecule has 0 saturated heterocycles. The van der Waals surface area contributed by atoms with E-state index in [1.165, 1.54) is 0 Å². The van der Waals surface area contributed by atoms with Gasteiger partial charge in [-0.1, -0.05) is 56.7 Å². The van der Waals surface area contributed by atoms with Crippen molar-refractivity contribution in [2.24, 2.45) is 5.92 Å². The SMILES string of the molecule is CC(C)CCCC(=O)O.c1ccccc1. The van der Waals surface area contributed by atoms with Crippen molar-refractivity contribution in [1.29, 1.82) is 0 Å². The zero-order chi connectivity index (χ0) is 11.5. The van der Waals surface area contributed by atoms with Gasteiger partial charge in [0.1, 0.15) is 0 Å². The first-order valence-electron chi connectivity index (χ1n) is 5.34. The molecule has 0 aliphatic heterocycles. The van der Waals surface area contributed by atoms with Gasteiger partial charge in [-0.2, -0.15) is 0 Å². The Morgan fingerprint density at radius 3 is 1.73 bits per heavy atom. The molecule has 0 heterocycles. The van der Waals surface area contributed by atoms with Gasteiger partial charge in [0.2, 0.25) is 0 Å². The summed E-state index contributed by atoms with van der Waals surface area (Å²) in [6.07, 6.45) is 2.15. The molecule has 1 N–H and O–H groups in total. The number of carboxylic acid groups (broad SMARTS) is 1. The molecule has 2 heteroatoms. The fraction of sp³-hybridized carbons (Fsp3) is 0.462. The lowest BCUT2D eigenvalue weighted by Crippen LogP contribution is -1.95. The Kier molecular flexibility index (Phi) is 8.44. The molecule has 1 aromatic carbocycles. The van der Waals surface area contributed by atoms with Gasteiger partial charge in [0.15, 0.2) is 0 Å². The van der Waals surface area contributed by atoms with Crippen LogP contribution in [0, 0.1) is 5.92 Å². The van der Waals surface area contributed by atoms with Crippen molar-refractivity contribution < 1.29 is 9.90 Å². The molecular weight excluding hydrogens is 188 g/mol. The molecule has 0 unspecified atom stereocenters. The molecule has 0 bridgehead atoms. The van der Waals surface area contributed by atoms with Crippen LogP contribution >= 0.6 is 0 Å². The van der Waals surface area contributed by atoms with Gasteiger partial charge in [-0.3, -0.25) is 4.79 Å². The highest BCUT2D eigenvalue weighted by atomic mass is 16.4. The third-order valence-corrected chi connectivity index (χ3v) is 1.84. The van der Waals surface area contributed by atoms with E-state index in [9.17, 15) is 4.79 Å². The fourth-order valence-corrected chi connectivity index (χ4v) is 1.05. The monoisotopic (exact) mass is 208 g/mol. The predicted molar refractivity (Wildman–Crippen MR) is 62.8 cm³/mol. The van der Waals surface area contributed by atoms with Gasteiger partial charge in [-0.05, 0) is 12.3 Å². The predicted octanol–water partition coefficient (Wildman–Crippen LogP) is 3.58. The van der Waals surface area contributed by atoms with Crippen LogP contribution in [0.5, 0.6) is 0 Å². The van der Waals surface area contributed by atoms with E-state index in [1.807, 2.05) is 36.4 Å². The van der Waals surface area contributed by atoms with Crippen LogP contribution in [-0.2, 0) is 4.79 Å². The number of aliphatic carboxylic acids is 1. The van der Waals surface area contributed by atoms with Gasteiger partial charge in [-0.15, -0.1) is 0 Å². The number of rotatable bonds is 4. The number of hydrogen-bond donors (Lipinski definition) is 1. The Balaban J connectivity index is 0.000000280. The number of carbonyl (C=O) groups is 1. The average molecular weight is 208 g/mol. The molecule has 0 radical (unpaired) electrons. The van der Waals surface area contributed by atoms with Crippen LogP contribution in [0.1, 0.15) is 33.1 Å². The van der Waals surface area contributed by atoms with Crippen LogP contribution < -0.4 is 0 Å². The van der Waals surface area contributed by atoms with E-state index in [-0.39, 0.29) is 0 Å². The highest BCUT2D eigenvalue weighted by Gasteiger charge is 1.97. The third-order valence-electron chi connectivity index (χ3n) is 1.84. The van der Waals surface area contributed by atoms with Crippen LogP contribution in [0.15, 0.2) is 36.4 Å². The second-order valence-electron chi connectivity index (χ2n) is 3.83. The second kappa shape index (κ2) is 9.25. The topological polar surface area (TPSA) is 37.3 Å². The third kappa shape index (κ3) is 12.7. The Hall–Kier alpha value is -1.31. The molecule has 2 nitrogen and oxygen atoms in total. The highest BCUT2D eigenvalue weighted by Crippen LogP contribution is 2.05. The van der Waals surface area contributed by atoms with Gasteiger partial charge in [0.05, 0.1) is 0 Å². The highest BCUT2D eigenvalue weighted by molar-refractivity contribution is 5.66. The number of carboxylic acids is 1. The van der Waals surface area contributed by atoms with E-state index >= 15 is 0 Å². The summed E-state index contributed by atoms with van der Waals surface area (Å²) in [6, 6.07) is 12.0. The molecule has 0 aromatic heterocycles. The molecule has 0 atom stereocenters. The molecule has 0 aliphatic carbocycles. The summed E-state index contributed by atoms with van der Waals surface area (Å²) in [5.41, 5.74) is 0. The molecule has 0 fully saturated rings. The van der Waals surface area contributed by atoms with E-state index in [0.717, 1.165) is 12.8 Å². The summed E-state index contributed by atoms with van der Waals surface area (Å²) in [5, 5.41) is 8.23. The van der Waals surface area contributed by atoms with E-state index in [2.05, 4.69) is 13.8 Å². The minimum absolute atomic E-state index is 0.318. The first kappa shape index (κ1) is 13.7. The average Bonchev–Trinajstić information content (AvgIpc) is 2.20. The molecule has 1 rings (SSSR count). The first-order chi connectivity index (χ1) is 7.13. The normalized spacial score (nSPS) is 9.27. The quantitative estimate of drug-likeness (QED) is 0.821. The summed E-state index contributed by atoms with van der Waals surface area (Å²) in [5.74, 6) is -0.0556. The zero-order valence-corrected chi connectivity index (χ0v) is 9.52. The molecular formula is C13H20O2. The minimum atomic E-state index is -0.685. The van der Waals surface area contributed by atoms with Crippen LogP contribution in [-0.4, -0.2) is 11.1 Å². The van der Waals surface area contributed by atoms with Gasteiger partial charge < -0.3 is 5.11 Å². The van der Waals surface area contributed by atoms with Crippen molar-refractivity contribution in [3.05, 3.63) is 36.4 Å². The second-order valence-corrected chi connectivity index (χ2v) is 3.83. The number of hydrogen-bond acceptors (Lipinski definition) is 1. The number of benzene rings is 1.